The molecule has 0 spiro atoms. The number of ether oxygens (including phenoxy) is 2. The van der Waals surface area contributed by atoms with Crippen LogP contribution in [0.3, 0.4) is 0 Å². The molecule has 1 saturated heterocycles. The smallest absolute Gasteiger partial charge is 0.330 e. The van der Waals surface area contributed by atoms with E-state index in [0.717, 1.165) is 12.7 Å². The van der Waals surface area contributed by atoms with Gasteiger partial charge in [0.1, 0.15) is 6.61 Å². The van der Waals surface area contributed by atoms with Gasteiger partial charge < -0.3 is 14.6 Å². The molecule has 1 unspecified atom stereocenters. The van der Waals surface area contributed by atoms with Crippen molar-refractivity contribution in [3.63, 3.8) is 0 Å². The Balaban J connectivity index is 0.000000305. The molecule has 1 aromatic rings. The van der Waals surface area contributed by atoms with Gasteiger partial charge in [-0.25, -0.2) is 9.59 Å². The van der Waals surface area contributed by atoms with Crippen molar-refractivity contribution < 1.29 is 24.2 Å². The van der Waals surface area contributed by atoms with Crippen LogP contribution in [-0.4, -0.2) is 43.1 Å². The number of hydrogen-bond acceptors (Lipinski definition) is 6. The molecule has 1 aliphatic heterocycles. The molecular weight excluding hydrogens is 274 g/mol. The maximum atomic E-state index is 10.1. The first-order chi connectivity index (χ1) is 10.1. The average molecular weight is 293 g/mol. The van der Waals surface area contributed by atoms with Gasteiger partial charge in [0.15, 0.2) is 0 Å². The number of carbonyl (C=O) groups is 1. The zero-order valence-electron chi connectivity index (χ0n) is 11.9. The third-order valence-electron chi connectivity index (χ3n) is 1.93. The Bertz CT molecular complexity index is 450. The van der Waals surface area contributed by atoms with Gasteiger partial charge in [-0.3, -0.25) is 0 Å². The Morgan fingerprint density at radius 1 is 1.57 bits per heavy atom. The van der Waals surface area contributed by atoms with Crippen molar-refractivity contribution in [2.75, 3.05) is 19.8 Å². The third kappa shape index (κ3) is 14.0. The summed E-state index contributed by atoms with van der Waals surface area (Å²) in [6, 6.07) is 8.98. The monoisotopic (exact) mass is 293 g/mol. The summed E-state index contributed by atoms with van der Waals surface area (Å²) in [5.74, 6) is -0.501. The summed E-state index contributed by atoms with van der Waals surface area (Å²) in [5.41, 5.74) is 0.646. The fourth-order valence-corrected chi connectivity index (χ4v) is 0.857. The molecule has 6 nitrogen and oxygen atoms in total. The second kappa shape index (κ2) is 12.7. The molecule has 6 heteroatoms. The van der Waals surface area contributed by atoms with E-state index in [0.29, 0.717) is 11.8 Å². The second-order valence-electron chi connectivity index (χ2n) is 3.78. The summed E-state index contributed by atoms with van der Waals surface area (Å²) >= 11 is 0. The molecule has 2 rings (SSSR count). The predicted molar refractivity (Wildman–Crippen MR) is 77.9 cm³/mol. The van der Waals surface area contributed by atoms with E-state index in [1.807, 2.05) is 18.2 Å². The molecule has 0 saturated carbocycles. The van der Waals surface area contributed by atoms with E-state index in [9.17, 15) is 9.59 Å². The summed E-state index contributed by atoms with van der Waals surface area (Å²) in [7, 11) is 0. The van der Waals surface area contributed by atoms with Gasteiger partial charge in [-0.2, -0.15) is 4.99 Å². The van der Waals surface area contributed by atoms with Gasteiger partial charge in [-0.1, -0.05) is 24.8 Å². The van der Waals surface area contributed by atoms with Crippen LogP contribution in [-0.2, 0) is 19.1 Å². The number of aliphatic hydroxyl groups is 1. The molecule has 0 aliphatic carbocycles. The average Bonchev–Trinajstić information content (AvgIpc) is 3.30. The summed E-state index contributed by atoms with van der Waals surface area (Å²) < 4.78 is 9.04. The van der Waals surface area contributed by atoms with Crippen molar-refractivity contribution in [2.45, 2.75) is 13.0 Å². The lowest BCUT2D eigenvalue weighted by molar-refractivity contribution is -0.138. The van der Waals surface area contributed by atoms with E-state index >= 15 is 0 Å². The zero-order valence-corrected chi connectivity index (χ0v) is 11.9. The lowest BCUT2D eigenvalue weighted by atomic mass is 10.3. The fourth-order valence-electron chi connectivity index (χ4n) is 0.857. The quantitative estimate of drug-likeness (QED) is 0.300. The number of para-hydroxylation sites is 1. The topological polar surface area (TPSA) is 88.5 Å². The van der Waals surface area contributed by atoms with Gasteiger partial charge in [-0.05, 0) is 19.1 Å². The summed E-state index contributed by atoms with van der Waals surface area (Å²) in [6.45, 7) is 6.11. The number of isocyanates is 1. The number of carbonyl (C=O) groups excluding carboxylic acids is 2. The maximum absolute atomic E-state index is 10.1. The van der Waals surface area contributed by atoms with E-state index in [1.165, 1.54) is 6.08 Å². The number of esters is 1. The van der Waals surface area contributed by atoms with Crippen molar-refractivity contribution in [1.82, 2.24) is 0 Å². The lowest BCUT2D eigenvalue weighted by Gasteiger charge is -1.94. The second-order valence-corrected chi connectivity index (χ2v) is 3.78. The molecule has 1 fully saturated rings. The third-order valence-corrected chi connectivity index (χ3v) is 1.93. The molecular formula is C15H19NO5. The molecule has 114 valence electrons. The van der Waals surface area contributed by atoms with Crippen LogP contribution in [0.4, 0.5) is 5.69 Å². The number of nitrogens with zero attached hydrogens (tertiary/aromatic N) is 1. The minimum absolute atomic E-state index is 0.0465. The largest absolute Gasteiger partial charge is 0.460 e. The molecule has 1 atom stereocenters. The Kier molecular flexibility index (Phi) is 11.4. The summed E-state index contributed by atoms with van der Waals surface area (Å²) in [4.78, 5) is 23.2. The minimum Gasteiger partial charge on any atom is -0.460 e. The number of benzene rings is 1. The highest BCUT2D eigenvalue weighted by Crippen LogP contribution is 2.07. The van der Waals surface area contributed by atoms with Crippen molar-refractivity contribution in [3.8, 4) is 0 Å². The zero-order chi connectivity index (χ0) is 15.9. The summed E-state index contributed by atoms with van der Waals surface area (Å²) in [5, 5.41) is 8.10. The molecule has 0 bridgehead atoms. The van der Waals surface area contributed by atoms with Crippen LogP contribution < -0.4 is 0 Å². The van der Waals surface area contributed by atoms with E-state index in [-0.39, 0.29) is 13.2 Å². The van der Waals surface area contributed by atoms with Crippen LogP contribution in [0.25, 0.3) is 0 Å². The normalized spacial score (nSPS) is 14.1. The molecule has 0 amide bonds. The molecule has 0 aromatic heterocycles. The van der Waals surface area contributed by atoms with Crippen LogP contribution in [0.1, 0.15) is 6.92 Å². The van der Waals surface area contributed by atoms with Crippen molar-refractivity contribution in [3.05, 3.63) is 43.0 Å². The van der Waals surface area contributed by atoms with Crippen LogP contribution in [0, 0.1) is 0 Å². The van der Waals surface area contributed by atoms with Gasteiger partial charge in [-0.15, -0.1) is 0 Å². The van der Waals surface area contributed by atoms with Gasteiger partial charge in [0.05, 0.1) is 25.0 Å². The fraction of sp³-hybridized carbons (Fsp3) is 0.333. The van der Waals surface area contributed by atoms with Crippen LogP contribution >= 0.6 is 0 Å². The number of aliphatic hydroxyl groups excluding tert-OH is 1. The summed E-state index contributed by atoms with van der Waals surface area (Å²) in [6.07, 6.45) is 3.09. The molecule has 1 heterocycles. The maximum Gasteiger partial charge on any atom is 0.330 e. The Morgan fingerprint density at radius 3 is 2.52 bits per heavy atom. The van der Waals surface area contributed by atoms with E-state index < -0.39 is 5.97 Å². The van der Waals surface area contributed by atoms with Gasteiger partial charge in [0, 0.05) is 6.08 Å². The molecule has 1 N–H and O–H groups in total. The molecule has 1 aliphatic rings. The SMILES string of the molecule is C=CC(=O)OCCO.CC1CO1.O=C=Nc1ccccc1. The van der Waals surface area contributed by atoms with Crippen LogP contribution in [0.2, 0.25) is 0 Å². The first-order valence-electron chi connectivity index (χ1n) is 6.28. The number of rotatable bonds is 4. The Hall–Kier alpha value is -2.27. The van der Waals surface area contributed by atoms with E-state index in [1.54, 1.807) is 12.1 Å². The highest BCUT2D eigenvalue weighted by Gasteiger charge is 2.13. The molecule has 1 aromatic carbocycles. The number of hydrogen-bond donors (Lipinski definition) is 1. The van der Waals surface area contributed by atoms with E-state index in [4.69, 9.17) is 9.84 Å². The van der Waals surface area contributed by atoms with Crippen molar-refractivity contribution in [1.29, 1.82) is 0 Å². The Morgan fingerprint density at radius 2 is 2.14 bits per heavy atom. The van der Waals surface area contributed by atoms with Gasteiger partial charge >= 0.3 is 5.97 Å². The van der Waals surface area contributed by atoms with E-state index in [2.05, 4.69) is 23.2 Å². The molecule has 21 heavy (non-hydrogen) atoms. The Labute approximate surface area is 123 Å². The first kappa shape index (κ1) is 18.7. The van der Waals surface area contributed by atoms with Gasteiger partial charge in [0.25, 0.3) is 0 Å². The van der Waals surface area contributed by atoms with Gasteiger partial charge in [0.2, 0.25) is 6.08 Å². The highest BCUT2D eigenvalue weighted by atomic mass is 16.6. The van der Waals surface area contributed by atoms with Crippen LogP contribution in [0.15, 0.2) is 48.0 Å². The molecule has 0 radical (unpaired) electrons. The number of epoxide rings is 1. The lowest BCUT2D eigenvalue weighted by Crippen LogP contribution is -2.04. The first-order valence-corrected chi connectivity index (χ1v) is 6.28. The van der Waals surface area contributed by atoms with Crippen molar-refractivity contribution in [2.24, 2.45) is 4.99 Å². The standard InChI is InChI=1S/C7H5NO.C5H8O3.C3H6O/c9-6-8-7-4-2-1-3-5-7;1-2-5(7)8-4-3-6;1-3-2-4-3/h1-5H;2,6H,1,3-4H2;3H,2H2,1H3. The van der Waals surface area contributed by atoms with Crippen molar-refractivity contribution >= 4 is 17.7 Å². The van der Waals surface area contributed by atoms with Crippen LogP contribution in [0.5, 0.6) is 0 Å². The highest BCUT2D eigenvalue weighted by molar-refractivity contribution is 5.81. The minimum atomic E-state index is -0.501. The number of aliphatic imine (C=N–C) groups is 1. The predicted octanol–water partition coefficient (Wildman–Crippen LogP) is 1.77.